The number of thiol groups is 1. The van der Waals surface area contributed by atoms with Crippen molar-refractivity contribution in [1.29, 1.82) is 0 Å². The third-order valence-corrected chi connectivity index (χ3v) is 4.00. The van der Waals surface area contributed by atoms with Gasteiger partial charge in [0.1, 0.15) is 5.52 Å². The Balaban J connectivity index is 1.92. The lowest BCUT2D eigenvalue weighted by molar-refractivity contribution is 0.241. The van der Waals surface area contributed by atoms with Crippen LogP contribution in [0.1, 0.15) is 0 Å². The molecule has 2 heterocycles. The quantitative estimate of drug-likeness (QED) is 0.462. The summed E-state index contributed by atoms with van der Waals surface area (Å²) in [6, 6.07) is 8.05. The second-order valence-corrected chi connectivity index (χ2v) is 5.96. The third-order valence-electron chi connectivity index (χ3n) is 3.65. The van der Waals surface area contributed by atoms with Gasteiger partial charge in [-0.15, -0.1) is 6.58 Å². The predicted molar refractivity (Wildman–Crippen MR) is 106 cm³/mol. The monoisotopic (exact) mass is 383 g/mol. The van der Waals surface area contributed by atoms with E-state index in [1.54, 1.807) is 30.3 Å². The summed E-state index contributed by atoms with van der Waals surface area (Å²) < 4.78 is 6.29. The number of carbonyl (C=O) groups excluding carboxylic acids is 1. The molecule has 2 N–H and O–H groups in total. The number of rotatable bonds is 5. The summed E-state index contributed by atoms with van der Waals surface area (Å²) in [5, 5.41) is 12.3. The highest BCUT2D eigenvalue weighted by Crippen LogP contribution is 2.31. The van der Waals surface area contributed by atoms with Crippen molar-refractivity contribution in [1.82, 2.24) is 19.3 Å². The van der Waals surface area contributed by atoms with Crippen LogP contribution in [0.4, 0.5) is 10.6 Å². The van der Waals surface area contributed by atoms with Crippen LogP contribution in [-0.2, 0) is 0 Å². The van der Waals surface area contributed by atoms with Gasteiger partial charge in [0.2, 0.25) is 0 Å². The second-order valence-electron chi connectivity index (χ2n) is 5.48. The van der Waals surface area contributed by atoms with E-state index in [4.69, 9.17) is 4.74 Å². The van der Waals surface area contributed by atoms with Gasteiger partial charge in [0.15, 0.2) is 23.0 Å². The van der Waals surface area contributed by atoms with Crippen molar-refractivity contribution in [2.45, 2.75) is 0 Å². The van der Waals surface area contributed by atoms with Crippen molar-refractivity contribution in [3.05, 3.63) is 49.2 Å². The minimum Gasteiger partial charge on any atom is -0.504 e. The number of fused-ring (bicyclic) bond motifs is 1. The predicted octanol–water partition coefficient (Wildman–Crippen LogP) is 3.27. The van der Waals surface area contributed by atoms with Gasteiger partial charge in [0.05, 0.1) is 25.5 Å². The first-order valence-corrected chi connectivity index (χ1v) is 8.31. The van der Waals surface area contributed by atoms with Gasteiger partial charge in [-0.2, -0.15) is 0 Å². The zero-order valence-corrected chi connectivity index (χ0v) is 15.3. The van der Waals surface area contributed by atoms with Crippen molar-refractivity contribution < 1.29 is 14.6 Å². The highest BCUT2D eigenvalue weighted by atomic mass is 32.1. The van der Waals surface area contributed by atoms with Crippen LogP contribution in [0.5, 0.6) is 11.5 Å². The van der Waals surface area contributed by atoms with Crippen molar-refractivity contribution in [2.24, 2.45) is 0 Å². The Morgan fingerprint density at radius 3 is 2.93 bits per heavy atom. The maximum atomic E-state index is 12.0. The first-order chi connectivity index (χ1) is 13.0. The molecule has 0 saturated carbocycles. The van der Waals surface area contributed by atoms with Gasteiger partial charge in [0.25, 0.3) is 0 Å². The Bertz CT molecular complexity index is 1010. The maximum Gasteiger partial charge on any atom is 0.333 e. The topological polar surface area (TPSA) is 100 Å². The Kier molecular flexibility index (Phi) is 5.41. The molecule has 27 heavy (non-hydrogen) atoms. The first kappa shape index (κ1) is 18.5. The van der Waals surface area contributed by atoms with Crippen molar-refractivity contribution >= 4 is 35.8 Å². The highest BCUT2D eigenvalue weighted by molar-refractivity contribution is 7.78. The number of methoxy groups -OCH3 is 1. The molecule has 9 heteroatoms. The fourth-order valence-corrected chi connectivity index (χ4v) is 2.50. The van der Waals surface area contributed by atoms with E-state index < -0.39 is 6.03 Å². The molecular formula is C18H17N5O3S. The van der Waals surface area contributed by atoms with Gasteiger partial charge in [-0.05, 0) is 30.3 Å². The number of nitrogens with one attached hydrogen (secondary N) is 1. The highest BCUT2D eigenvalue weighted by Gasteiger charge is 2.11. The van der Waals surface area contributed by atoms with E-state index in [-0.39, 0.29) is 18.1 Å². The Labute approximate surface area is 161 Å². The number of carbonyl (C=O) groups is 1. The van der Waals surface area contributed by atoms with Crippen LogP contribution in [-0.4, -0.2) is 44.0 Å². The molecule has 2 amide bonds. The summed E-state index contributed by atoms with van der Waals surface area (Å²) in [7, 11) is 1.48. The number of benzene rings is 1. The number of anilines is 1. The molecule has 0 spiro atoms. The molecule has 1 aromatic carbocycles. The average Bonchev–Trinajstić information content (AvgIpc) is 2.68. The van der Waals surface area contributed by atoms with Gasteiger partial charge < -0.3 is 9.84 Å². The summed E-state index contributed by atoms with van der Waals surface area (Å²) in [5.41, 5.74) is 2.32. The minimum atomic E-state index is -0.452. The first-order valence-electron chi connectivity index (χ1n) is 7.91. The molecule has 0 fully saturated rings. The average molecular weight is 383 g/mol. The van der Waals surface area contributed by atoms with E-state index in [2.05, 4.69) is 39.7 Å². The SMILES string of the molecule is C=CCN(S)C(=O)Nc1cnc2ccc(-c3ccc(O)c(OC)c3)nc2n1. The lowest BCUT2D eigenvalue weighted by atomic mass is 10.1. The minimum absolute atomic E-state index is 0.0441. The fourth-order valence-electron chi connectivity index (χ4n) is 2.33. The molecule has 0 aliphatic carbocycles. The van der Waals surface area contributed by atoms with Crippen molar-refractivity contribution in [3.63, 3.8) is 0 Å². The zero-order valence-electron chi connectivity index (χ0n) is 14.5. The van der Waals surface area contributed by atoms with Crippen LogP contribution >= 0.6 is 12.8 Å². The molecule has 3 rings (SSSR count). The summed E-state index contributed by atoms with van der Waals surface area (Å²) in [4.78, 5) is 25.1. The summed E-state index contributed by atoms with van der Waals surface area (Å²) >= 11 is 4.05. The van der Waals surface area contributed by atoms with Crippen LogP contribution in [0.2, 0.25) is 0 Å². The molecule has 8 nitrogen and oxygen atoms in total. The van der Waals surface area contributed by atoms with E-state index >= 15 is 0 Å². The molecule has 3 aromatic rings. The Hall–Kier alpha value is -3.33. The summed E-state index contributed by atoms with van der Waals surface area (Å²) in [5.74, 6) is 0.642. The van der Waals surface area contributed by atoms with Crippen LogP contribution in [0.3, 0.4) is 0 Å². The Morgan fingerprint density at radius 2 is 2.19 bits per heavy atom. The molecule has 0 radical (unpaired) electrons. The van der Waals surface area contributed by atoms with E-state index in [1.165, 1.54) is 19.4 Å². The van der Waals surface area contributed by atoms with Crippen LogP contribution in [0.15, 0.2) is 49.2 Å². The number of hydrogen-bond acceptors (Lipinski definition) is 7. The number of hydrogen-bond donors (Lipinski definition) is 3. The van der Waals surface area contributed by atoms with Crippen molar-refractivity contribution in [2.75, 3.05) is 19.0 Å². The molecule has 0 aliphatic heterocycles. The lowest BCUT2D eigenvalue weighted by Gasteiger charge is -2.13. The largest absolute Gasteiger partial charge is 0.504 e. The summed E-state index contributed by atoms with van der Waals surface area (Å²) in [6.45, 7) is 3.83. The standard InChI is InChI=1S/C18H17N5O3S/c1-3-8-23(27)18(25)22-16-10-19-13-6-5-12(20-17(13)21-16)11-4-7-14(24)15(9-11)26-2/h3-7,9-10,24,27H,1,8H2,2H3,(H,20,21,22,25). The number of phenols is 1. The molecule has 2 aromatic heterocycles. The number of urea groups is 1. The molecule has 138 valence electrons. The normalized spacial score (nSPS) is 10.4. The molecule has 0 bridgehead atoms. The van der Waals surface area contributed by atoms with E-state index in [0.717, 1.165) is 9.87 Å². The van der Waals surface area contributed by atoms with Crippen LogP contribution in [0, 0.1) is 0 Å². The van der Waals surface area contributed by atoms with Gasteiger partial charge in [0, 0.05) is 5.56 Å². The van der Waals surface area contributed by atoms with Crippen LogP contribution in [0.25, 0.3) is 22.4 Å². The molecule has 0 unspecified atom stereocenters. The van der Waals surface area contributed by atoms with Gasteiger partial charge in [-0.25, -0.2) is 19.7 Å². The number of pyridine rings is 1. The number of ether oxygens (including phenoxy) is 1. The number of aromatic nitrogens is 3. The number of nitrogens with zero attached hydrogens (tertiary/aromatic N) is 4. The third kappa shape index (κ3) is 4.09. The van der Waals surface area contributed by atoms with Crippen molar-refractivity contribution in [3.8, 4) is 22.8 Å². The fraction of sp³-hybridized carbons (Fsp3) is 0.111. The molecule has 0 saturated heterocycles. The Morgan fingerprint density at radius 1 is 1.37 bits per heavy atom. The zero-order chi connectivity index (χ0) is 19.4. The van der Waals surface area contributed by atoms with Gasteiger partial charge in [-0.1, -0.05) is 18.9 Å². The maximum absolute atomic E-state index is 12.0. The molecule has 0 aliphatic rings. The van der Waals surface area contributed by atoms with Crippen LogP contribution < -0.4 is 10.1 Å². The van der Waals surface area contributed by atoms with E-state index in [1.807, 2.05) is 0 Å². The molecular weight excluding hydrogens is 366 g/mol. The number of amides is 2. The van der Waals surface area contributed by atoms with Gasteiger partial charge >= 0.3 is 6.03 Å². The molecule has 0 atom stereocenters. The van der Waals surface area contributed by atoms with E-state index in [0.29, 0.717) is 22.6 Å². The smallest absolute Gasteiger partial charge is 0.333 e. The van der Waals surface area contributed by atoms with Gasteiger partial charge in [-0.3, -0.25) is 9.62 Å². The number of phenolic OH excluding ortho intramolecular Hbond substituents is 1. The second kappa shape index (κ2) is 7.92. The lowest BCUT2D eigenvalue weighted by Crippen LogP contribution is -2.27. The number of aromatic hydroxyl groups is 1. The van der Waals surface area contributed by atoms with E-state index in [9.17, 15) is 9.90 Å². The summed E-state index contributed by atoms with van der Waals surface area (Å²) in [6.07, 6.45) is 3.00.